The van der Waals surface area contributed by atoms with Crippen molar-refractivity contribution in [3.05, 3.63) is 50.5 Å². The van der Waals surface area contributed by atoms with E-state index >= 15 is 0 Å². The van der Waals surface area contributed by atoms with Gasteiger partial charge in [0.15, 0.2) is 0 Å². The topological polar surface area (TPSA) is 24.9 Å². The second-order valence-electron chi connectivity index (χ2n) is 5.72. The van der Waals surface area contributed by atoms with Crippen molar-refractivity contribution in [3.63, 3.8) is 0 Å². The number of hydrogen-bond donors (Lipinski definition) is 1. The fourth-order valence-electron chi connectivity index (χ4n) is 2.71. The lowest BCUT2D eigenvalue weighted by Gasteiger charge is -2.18. The zero-order chi connectivity index (χ0) is 15.4. The Hall–Kier alpha value is -1.19. The SMILES string of the molecule is CCCNC(c1cc(C)cc(C)c1)c1nc(CC)c(C)s1. The van der Waals surface area contributed by atoms with E-state index in [0.29, 0.717) is 0 Å². The van der Waals surface area contributed by atoms with Gasteiger partial charge in [0, 0.05) is 4.88 Å². The van der Waals surface area contributed by atoms with E-state index in [-0.39, 0.29) is 6.04 Å². The van der Waals surface area contributed by atoms with Gasteiger partial charge in [-0.1, -0.05) is 43.2 Å². The van der Waals surface area contributed by atoms with E-state index in [1.54, 1.807) is 0 Å². The Morgan fingerprint density at radius 1 is 1.10 bits per heavy atom. The smallest absolute Gasteiger partial charge is 0.115 e. The molecule has 0 spiro atoms. The summed E-state index contributed by atoms with van der Waals surface area (Å²) in [4.78, 5) is 6.22. The molecular weight excluding hydrogens is 276 g/mol. The maximum absolute atomic E-state index is 4.87. The van der Waals surface area contributed by atoms with E-state index in [9.17, 15) is 0 Å². The molecule has 2 rings (SSSR count). The van der Waals surface area contributed by atoms with Gasteiger partial charge < -0.3 is 5.32 Å². The summed E-state index contributed by atoms with van der Waals surface area (Å²) in [6, 6.07) is 7.00. The molecule has 1 N–H and O–H groups in total. The summed E-state index contributed by atoms with van der Waals surface area (Å²) in [5.41, 5.74) is 5.20. The van der Waals surface area contributed by atoms with Crippen LogP contribution in [0.2, 0.25) is 0 Å². The van der Waals surface area contributed by atoms with Crippen LogP contribution < -0.4 is 5.32 Å². The molecule has 1 unspecified atom stereocenters. The minimum Gasteiger partial charge on any atom is -0.304 e. The number of rotatable bonds is 6. The van der Waals surface area contributed by atoms with Crippen LogP contribution in [0, 0.1) is 20.8 Å². The summed E-state index contributed by atoms with van der Waals surface area (Å²) < 4.78 is 0. The molecule has 0 saturated carbocycles. The van der Waals surface area contributed by atoms with Gasteiger partial charge >= 0.3 is 0 Å². The number of aromatic nitrogens is 1. The van der Waals surface area contributed by atoms with E-state index in [2.05, 4.69) is 58.1 Å². The molecule has 1 aromatic heterocycles. The third-order valence-corrected chi connectivity index (χ3v) is 4.74. The van der Waals surface area contributed by atoms with Crippen molar-refractivity contribution in [2.24, 2.45) is 0 Å². The van der Waals surface area contributed by atoms with Crippen LogP contribution in [0.3, 0.4) is 0 Å². The molecule has 0 radical (unpaired) electrons. The summed E-state index contributed by atoms with van der Waals surface area (Å²) in [6.07, 6.45) is 2.14. The molecule has 1 aromatic carbocycles. The molecule has 2 nitrogen and oxygen atoms in total. The highest BCUT2D eigenvalue weighted by atomic mass is 32.1. The quantitative estimate of drug-likeness (QED) is 0.835. The van der Waals surface area contributed by atoms with Gasteiger partial charge in [0.05, 0.1) is 11.7 Å². The summed E-state index contributed by atoms with van der Waals surface area (Å²) in [7, 11) is 0. The molecule has 0 bridgehead atoms. The fourth-order valence-corrected chi connectivity index (χ4v) is 3.83. The van der Waals surface area contributed by atoms with Gasteiger partial charge in [-0.2, -0.15) is 0 Å². The maximum atomic E-state index is 4.87. The van der Waals surface area contributed by atoms with Crippen LogP contribution in [0.5, 0.6) is 0 Å². The molecule has 1 atom stereocenters. The molecule has 0 aliphatic carbocycles. The van der Waals surface area contributed by atoms with Crippen LogP contribution in [0.1, 0.15) is 58.6 Å². The third-order valence-electron chi connectivity index (χ3n) is 3.67. The Labute approximate surface area is 132 Å². The Morgan fingerprint density at radius 2 is 1.76 bits per heavy atom. The first kappa shape index (κ1) is 16.2. The minimum atomic E-state index is 0.215. The van der Waals surface area contributed by atoms with Crippen molar-refractivity contribution >= 4 is 11.3 Å². The molecule has 0 amide bonds. The Morgan fingerprint density at radius 3 is 2.29 bits per heavy atom. The zero-order valence-corrected chi connectivity index (χ0v) is 14.6. The van der Waals surface area contributed by atoms with Crippen LogP contribution in [-0.2, 0) is 6.42 Å². The van der Waals surface area contributed by atoms with Crippen molar-refractivity contribution in [3.8, 4) is 0 Å². The van der Waals surface area contributed by atoms with Gasteiger partial charge in [-0.05, 0) is 45.7 Å². The van der Waals surface area contributed by atoms with Crippen molar-refractivity contribution in [2.45, 2.75) is 53.5 Å². The van der Waals surface area contributed by atoms with Gasteiger partial charge in [0.2, 0.25) is 0 Å². The molecular formula is C18H26N2S. The summed E-state index contributed by atoms with van der Waals surface area (Å²) >= 11 is 1.83. The predicted molar refractivity (Wildman–Crippen MR) is 92.3 cm³/mol. The number of hydrogen-bond acceptors (Lipinski definition) is 3. The summed E-state index contributed by atoms with van der Waals surface area (Å²) in [5.74, 6) is 0. The molecule has 0 saturated heterocycles. The van der Waals surface area contributed by atoms with Crippen LogP contribution >= 0.6 is 11.3 Å². The Balaban J connectivity index is 2.41. The monoisotopic (exact) mass is 302 g/mol. The summed E-state index contributed by atoms with van der Waals surface area (Å²) in [5, 5.41) is 4.87. The number of thiazole rings is 1. The third kappa shape index (κ3) is 3.92. The lowest BCUT2D eigenvalue weighted by atomic mass is 10.0. The summed E-state index contributed by atoms with van der Waals surface area (Å²) in [6.45, 7) is 11.9. The van der Waals surface area contributed by atoms with Gasteiger partial charge in [0.25, 0.3) is 0 Å². The molecule has 0 aliphatic heterocycles. The number of benzene rings is 1. The second-order valence-corrected chi connectivity index (χ2v) is 6.95. The van der Waals surface area contributed by atoms with Gasteiger partial charge in [-0.25, -0.2) is 4.98 Å². The highest BCUT2D eigenvalue weighted by Gasteiger charge is 2.19. The molecule has 0 aliphatic rings. The van der Waals surface area contributed by atoms with E-state index in [4.69, 9.17) is 4.98 Å². The first-order valence-corrected chi connectivity index (χ1v) is 8.64. The van der Waals surface area contributed by atoms with Gasteiger partial charge in [-0.3, -0.25) is 0 Å². The lowest BCUT2D eigenvalue weighted by molar-refractivity contribution is 0.594. The highest BCUT2D eigenvalue weighted by molar-refractivity contribution is 7.11. The maximum Gasteiger partial charge on any atom is 0.115 e. The zero-order valence-electron chi connectivity index (χ0n) is 13.8. The number of nitrogens with one attached hydrogen (secondary N) is 1. The Kier molecular flexibility index (Phi) is 5.54. The van der Waals surface area contributed by atoms with Crippen molar-refractivity contribution < 1.29 is 0 Å². The van der Waals surface area contributed by atoms with Crippen LogP contribution in [0.4, 0.5) is 0 Å². The molecule has 114 valence electrons. The van der Waals surface area contributed by atoms with Crippen molar-refractivity contribution in [1.82, 2.24) is 10.3 Å². The number of nitrogens with zero attached hydrogens (tertiary/aromatic N) is 1. The average Bonchev–Trinajstić information content (AvgIpc) is 2.79. The lowest BCUT2D eigenvalue weighted by Crippen LogP contribution is -2.23. The minimum absolute atomic E-state index is 0.215. The van der Waals surface area contributed by atoms with Crippen molar-refractivity contribution in [2.75, 3.05) is 6.54 Å². The fraction of sp³-hybridized carbons (Fsp3) is 0.500. The van der Waals surface area contributed by atoms with Gasteiger partial charge in [0.1, 0.15) is 5.01 Å². The van der Waals surface area contributed by atoms with E-state index in [1.165, 1.54) is 32.3 Å². The average molecular weight is 302 g/mol. The molecule has 2 aromatic rings. The highest BCUT2D eigenvalue weighted by Crippen LogP contribution is 2.29. The largest absolute Gasteiger partial charge is 0.304 e. The normalized spacial score (nSPS) is 12.6. The van der Waals surface area contributed by atoms with Crippen LogP contribution in [0.25, 0.3) is 0 Å². The predicted octanol–water partition coefficient (Wildman–Crippen LogP) is 4.72. The van der Waals surface area contributed by atoms with Crippen molar-refractivity contribution in [1.29, 1.82) is 0 Å². The van der Waals surface area contributed by atoms with Crippen LogP contribution in [-0.4, -0.2) is 11.5 Å². The first-order chi connectivity index (χ1) is 10.0. The number of aryl methyl sites for hydroxylation is 4. The molecule has 1 heterocycles. The first-order valence-electron chi connectivity index (χ1n) is 7.82. The van der Waals surface area contributed by atoms with E-state index in [0.717, 1.165) is 19.4 Å². The second kappa shape index (κ2) is 7.19. The van der Waals surface area contributed by atoms with Crippen LogP contribution in [0.15, 0.2) is 18.2 Å². The van der Waals surface area contributed by atoms with Gasteiger partial charge in [-0.15, -0.1) is 11.3 Å². The molecule has 21 heavy (non-hydrogen) atoms. The van der Waals surface area contributed by atoms with E-state index in [1.807, 2.05) is 11.3 Å². The Bertz CT molecular complexity index is 581. The van der Waals surface area contributed by atoms with E-state index < -0.39 is 0 Å². The molecule has 0 fully saturated rings. The standard InChI is InChI=1S/C18H26N2S/c1-6-8-19-17(15-10-12(3)9-13(4)11-15)18-20-16(7-2)14(5)21-18/h9-11,17,19H,6-8H2,1-5H3. The molecule has 3 heteroatoms.